The number of carbonyl (C=O) groups excluding carboxylic acids is 3. The van der Waals surface area contributed by atoms with Crippen molar-refractivity contribution in [3.05, 3.63) is 89.5 Å². The highest BCUT2D eigenvalue weighted by atomic mass is 16.5. The number of hydroxylamine groups is 2. The Labute approximate surface area is 189 Å². The molecule has 8 heteroatoms. The highest BCUT2D eigenvalue weighted by molar-refractivity contribution is 6.21. The second-order valence-electron chi connectivity index (χ2n) is 7.43. The predicted molar refractivity (Wildman–Crippen MR) is 117 cm³/mol. The van der Waals surface area contributed by atoms with Crippen molar-refractivity contribution in [1.82, 2.24) is 9.96 Å². The van der Waals surface area contributed by atoms with E-state index in [0.717, 1.165) is 16.0 Å². The molecular weight excluding hydrogens is 422 g/mol. The van der Waals surface area contributed by atoms with Crippen molar-refractivity contribution >= 4 is 18.2 Å². The lowest BCUT2D eigenvalue weighted by Crippen LogP contribution is -2.47. The van der Waals surface area contributed by atoms with Gasteiger partial charge in [0.2, 0.25) is 6.41 Å². The Hall–Kier alpha value is -4.48. The molecule has 0 radical (unpaired) electrons. The number of nitrogens with zero attached hydrogens (tertiary/aromatic N) is 3. The summed E-state index contributed by atoms with van der Waals surface area (Å²) in [4.78, 5) is 37.4. The minimum atomic E-state index is -0.956. The molecule has 1 unspecified atom stereocenters. The summed E-state index contributed by atoms with van der Waals surface area (Å²) in [7, 11) is 0. The van der Waals surface area contributed by atoms with Crippen LogP contribution in [0.25, 0.3) is 11.1 Å². The highest BCUT2D eigenvalue weighted by Gasteiger charge is 2.37. The molecule has 4 rings (SSSR count). The summed E-state index contributed by atoms with van der Waals surface area (Å²) in [6.45, 7) is -0.357. The van der Waals surface area contributed by atoms with Gasteiger partial charge < -0.3 is 4.74 Å². The van der Waals surface area contributed by atoms with E-state index in [1.165, 1.54) is 0 Å². The number of ether oxygens (including phenoxy) is 1. The summed E-state index contributed by atoms with van der Waals surface area (Å²) in [6.07, 6.45) is 0.209. The number of fused-ring (bicyclic) bond motifs is 1. The van der Waals surface area contributed by atoms with Gasteiger partial charge in [0.1, 0.15) is 18.4 Å². The molecule has 1 aliphatic heterocycles. The van der Waals surface area contributed by atoms with Gasteiger partial charge in [0, 0.05) is 0 Å². The van der Waals surface area contributed by atoms with Crippen molar-refractivity contribution in [3.8, 4) is 22.9 Å². The Kier molecular flexibility index (Phi) is 6.15. The van der Waals surface area contributed by atoms with E-state index in [0.29, 0.717) is 16.4 Å². The molecule has 0 saturated heterocycles. The van der Waals surface area contributed by atoms with Gasteiger partial charge in [-0.3, -0.25) is 24.5 Å². The Morgan fingerprint density at radius 3 is 2.00 bits per heavy atom. The van der Waals surface area contributed by atoms with Crippen LogP contribution in [-0.4, -0.2) is 52.6 Å². The molecular formula is C25H19N3O5. The topological polar surface area (TPSA) is 111 Å². The number of hydrogen-bond acceptors (Lipinski definition) is 6. The van der Waals surface area contributed by atoms with E-state index in [2.05, 4.69) is 6.07 Å². The summed E-state index contributed by atoms with van der Waals surface area (Å²) in [6, 6.07) is 21.9. The molecule has 1 aliphatic rings. The second kappa shape index (κ2) is 9.34. The van der Waals surface area contributed by atoms with Crippen LogP contribution >= 0.6 is 0 Å². The number of hydrogen-bond donors (Lipinski definition) is 1. The number of carbonyl (C=O) groups is 3. The molecule has 33 heavy (non-hydrogen) atoms. The lowest BCUT2D eigenvalue weighted by molar-refractivity contribution is -0.163. The van der Waals surface area contributed by atoms with Gasteiger partial charge in [0.05, 0.1) is 29.3 Å². The molecule has 3 amide bonds. The van der Waals surface area contributed by atoms with Crippen LogP contribution in [-0.2, 0) is 4.79 Å². The molecule has 0 bridgehead atoms. The molecule has 0 saturated carbocycles. The third-order valence-electron chi connectivity index (χ3n) is 5.40. The van der Waals surface area contributed by atoms with E-state index in [1.54, 1.807) is 48.5 Å². The van der Waals surface area contributed by atoms with Crippen LogP contribution in [0.5, 0.6) is 5.75 Å². The van der Waals surface area contributed by atoms with Gasteiger partial charge >= 0.3 is 0 Å². The maximum atomic E-state index is 12.6. The number of rotatable bonds is 8. The van der Waals surface area contributed by atoms with Crippen LogP contribution in [0.15, 0.2) is 72.8 Å². The Morgan fingerprint density at radius 2 is 1.48 bits per heavy atom. The number of nitriles is 1. The van der Waals surface area contributed by atoms with E-state index in [-0.39, 0.29) is 30.7 Å². The summed E-state index contributed by atoms with van der Waals surface area (Å²) in [5, 5.41) is 19.3. The Balaban J connectivity index is 1.43. The average Bonchev–Trinajstić information content (AvgIpc) is 3.11. The van der Waals surface area contributed by atoms with Crippen LogP contribution < -0.4 is 4.74 Å². The standard InChI is InChI=1S/C25H19N3O5/c26-13-17-5-7-18(8-6-17)19-9-11-21(12-10-19)33-15-20(28(32)16-29)14-27-24(30)22-3-1-2-4-23(22)25(27)31/h1-12,16,20,32H,14-15H2. The second-order valence-corrected chi connectivity index (χ2v) is 7.43. The maximum Gasteiger partial charge on any atom is 0.261 e. The molecule has 1 heterocycles. The molecule has 0 aromatic heterocycles. The van der Waals surface area contributed by atoms with Gasteiger partial charge in [-0.05, 0) is 47.5 Å². The molecule has 0 aliphatic carbocycles. The third-order valence-corrected chi connectivity index (χ3v) is 5.40. The Morgan fingerprint density at radius 1 is 0.939 bits per heavy atom. The van der Waals surface area contributed by atoms with Crippen LogP contribution in [0.2, 0.25) is 0 Å². The van der Waals surface area contributed by atoms with Gasteiger partial charge in [-0.25, -0.2) is 5.06 Å². The van der Waals surface area contributed by atoms with Crippen LogP contribution in [0.4, 0.5) is 0 Å². The quantitative estimate of drug-likeness (QED) is 0.249. The van der Waals surface area contributed by atoms with Gasteiger partial charge in [-0.15, -0.1) is 0 Å². The summed E-state index contributed by atoms with van der Waals surface area (Å²) >= 11 is 0. The van der Waals surface area contributed by atoms with Gasteiger partial charge in [-0.2, -0.15) is 5.26 Å². The third kappa shape index (κ3) is 4.44. The largest absolute Gasteiger partial charge is 0.491 e. The molecule has 1 N–H and O–H groups in total. The zero-order valence-corrected chi connectivity index (χ0v) is 17.4. The number of benzene rings is 3. The van der Waals surface area contributed by atoms with E-state index in [9.17, 15) is 19.6 Å². The van der Waals surface area contributed by atoms with Crippen molar-refractivity contribution < 1.29 is 24.3 Å². The number of imide groups is 1. The van der Waals surface area contributed by atoms with E-state index in [4.69, 9.17) is 10.00 Å². The van der Waals surface area contributed by atoms with Gasteiger partial charge in [0.15, 0.2) is 0 Å². The SMILES string of the molecule is N#Cc1ccc(-c2ccc(OCC(CN3C(=O)c4ccccc4C3=O)N(O)C=O)cc2)cc1. The number of amides is 3. The normalized spacial score (nSPS) is 13.3. The first-order valence-corrected chi connectivity index (χ1v) is 10.1. The van der Waals surface area contributed by atoms with Crippen LogP contribution in [0.3, 0.4) is 0 Å². The minimum Gasteiger partial charge on any atom is -0.491 e. The highest BCUT2D eigenvalue weighted by Crippen LogP contribution is 2.25. The maximum absolute atomic E-state index is 12.6. The Bertz CT molecular complexity index is 1200. The van der Waals surface area contributed by atoms with Crippen LogP contribution in [0.1, 0.15) is 26.3 Å². The summed E-state index contributed by atoms with van der Waals surface area (Å²) < 4.78 is 5.72. The fourth-order valence-corrected chi connectivity index (χ4v) is 3.59. The van der Waals surface area contributed by atoms with Gasteiger partial charge in [-0.1, -0.05) is 36.4 Å². The molecule has 8 nitrogen and oxygen atoms in total. The first-order chi connectivity index (χ1) is 16.0. The van der Waals surface area contributed by atoms with E-state index in [1.807, 2.05) is 24.3 Å². The fourth-order valence-electron chi connectivity index (χ4n) is 3.59. The average molecular weight is 441 g/mol. The van der Waals surface area contributed by atoms with Crippen molar-refractivity contribution in [2.75, 3.05) is 13.2 Å². The van der Waals surface area contributed by atoms with Crippen molar-refractivity contribution in [2.24, 2.45) is 0 Å². The smallest absolute Gasteiger partial charge is 0.261 e. The molecule has 0 spiro atoms. The van der Waals surface area contributed by atoms with Crippen molar-refractivity contribution in [3.63, 3.8) is 0 Å². The van der Waals surface area contributed by atoms with E-state index >= 15 is 0 Å². The van der Waals surface area contributed by atoms with Crippen molar-refractivity contribution in [1.29, 1.82) is 5.26 Å². The zero-order chi connectivity index (χ0) is 23.4. The van der Waals surface area contributed by atoms with Crippen LogP contribution in [0, 0.1) is 11.3 Å². The monoisotopic (exact) mass is 441 g/mol. The van der Waals surface area contributed by atoms with E-state index < -0.39 is 17.9 Å². The molecule has 3 aromatic rings. The first kappa shape index (κ1) is 21.7. The lowest BCUT2D eigenvalue weighted by atomic mass is 10.0. The zero-order valence-electron chi connectivity index (χ0n) is 17.4. The predicted octanol–water partition coefficient (Wildman–Crippen LogP) is 3.12. The molecule has 0 fully saturated rings. The summed E-state index contributed by atoms with van der Waals surface area (Å²) in [5.74, 6) is -0.475. The lowest BCUT2D eigenvalue weighted by Gasteiger charge is -2.26. The molecule has 3 aromatic carbocycles. The van der Waals surface area contributed by atoms with Gasteiger partial charge in [0.25, 0.3) is 11.8 Å². The van der Waals surface area contributed by atoms with Crippen molar-refractivity contribution in [2.45, 2.75) is 6.04 Å². The summed E-state index contributed by atoms with van der Waals surface area (Å²) in [5.41, 5.74) is 3.01. The first-order valence-electron chi connectivity index (χ1n) is 10.1. The minimum absolute atomic E-state index is 0.140. The molecule has 164 valence electrons. The fraction of sp³-hybridized carbons (Fsp3) is 0.120. The molecule has 1 atom stereocenters.